The molecule has 0 aromatic heterocycles. The van der Waals surface area contributed by atoms with Crippen molar-refractivity contribution in [2.45, 2.75) is 0 Å². The Balaban J connectivity index is 2.46. The molecule has 0 aliphatic heterocycles. The van der Waals surface area contributed by atoms with Crippen molar-refractivity contribution in [1.82, 2.24) is 0 Å². The van der Waals surface area contributed by atoms with Gasteiger partial charge in [0.15, 0.2) is 10.6 Å². The minimum atomic E-state index is -1.04. The first-order valence-corrected chi connectivity index (χ1v) is 6.71. The lowest BCUT2D eigenvalue weighted by Gasteiger charge is -2.00. The van der Waals surface area contributed by atoms with Gasteiger partial charge in [-0.15, -0.1) is 5.43 Å². The lowest BCUT2D eigenvalue weighted by atomic mass is 10.2. The summed E-state index contributed by atoms with van der Waals surface area (Å²) in [5.74, 6) is 0. The molecule has 0 bridgehead atoms. The summed E-state index contributed by atoms with van der Waals surface area (Å²) in [6, 6.07) is 4.52. The van der Waals surface area contributed by atoms with Gasteiger partial charge >= 0.3 is 17.1 Å². The third-order valence-corrected chi connectivity index (χ3v) is 3.20. The lowest BCUT2D eigenvalue weighted by Crippen LogP contribution is -2.13. The Kier molecular flexibility index (Phi) is 4.96. The number of nitroso groups, excluding NO2 is 1. The summed E-state index contributed by atoms with van der Waals surface area (Å²) in [6.07, 6.45) is 0. The zero-order valence-corrected chi connectivity index (χ0v) is 12.9. The fraction of sp³-hybridized carbons (Fsp3) is 0. The second-order valence-corrected chi connectivity index (χ2v) is 4.81. The molecular formula is C12H7N6O9+. The van der Waals surface area contributed by atoms with E-state index in [0.29, 0.717) is 12.1 Å². The first-order valence-electron chi connectivity index (χ1n) is 6.71. The highest BCUT2D eigenvalue weighted by molar-refractivity contribution is 5.65. The van der Waals surface area contributed by atoms with Crippen LogP contribution >= 0.6 is 0 Å². The van der Waals surface area contributed by atoms with Crippen LogP contribution in [0, 0.1) is 45.4 Å². The fourth-order valence-electron chi connectivity index (χ4n) is 1.99. The third-order valence-electron chi connectivity index (χ3n) is 3.20. The molecule has 0 spiro atoms. The zero-order chi connectivity index (χ0) is 20.3. The van der Waals surface area contributed by atoms with Crippen molar-refractivity contribution in [3.63, 3.8) is 0 Å². The topological polar surface area (TPSA) is 205 Å². The molecule has 15 heteroatoms. The first-order chi connectivity index (χ1) is 12.6. The number of benzene rings is 2. The molecule has 15 nitrogen and oxygen atoms in total. The SMILES string of the molecule is O=[N+]([O-])c1ccc(N[N+](=O)c2ccc([N+](=O)[O-])cc2[N+](=O)[O-])c([N+](=O)[O-])c1. The van der Waals surface area contributed by atoms with Gasteiger partial charge < -0.3 is 0 Å². The van der Waals surface area contributed by atoms with E-state index in [1.165, 1.54) is 0 Å². The van der Waals surface area contributed by atoms with E-state index in [9.17, 15) is 45.4 Å². The van der Waals surface area contributed by atoms with E-state index < -0.39 is 53.8 Å². The number of rotatable bonds is 7. The highest BCUT2D eigenvalue weighted by atomic mass is 16.6. The average Bonchev–Trinajstić information content (AvgIpc) is 2.60. The van der Waals surface area contributed by atoms with Crippen molar-refractivity contribution < 1.29 is 24.6 Å². The maximum absolute atomic E-state index is 12.2. The molecule has 0 unspecified atom stereocenters. The zero-order valence-electron chi connectivity index (χ0n) is 12.9. The van der Waals surface area contributed by atoms with Gasteiger partial charge in [0.25, 0.3) is 11.4 Å². The second kappa shape index (κ2) is 7.13. The van der Waals surface area contributed by atoms with Crippen LogP contribution in [0.5, 0.6) is 0 Å². The normalized spacial score (nSPS) is 10.1. The van der Waals surface area contributed by atoms with Gasteiger partial charge in [-0.05, 0) is 6.07 Å². The van der Waals surface area contributed by atoms with Gasteiger partial charge in [-0.3, -0.25) is 40.5 Å². The van der Waals surface area contributed by atoms with Crippen LogP contribution in [-0.2, 0) is 0 Å². The number of hydrazine groups is 1. The van der Waals surface area contributed by atoms with Gasteiger partial charge in [0.05, 0.1) is 30.7 Å². The fourth-order valence-corrected chi connectivity index (χ4v) is 1.99. The molecule has 0 fully saturated rings. The monoisotopic (exact) mass is 379 g/mol. The molecular weight excluding hydrogens is 372 g/mol. The smallest absolute Gasteiger partial charge is 0.258 e. The molecule has 1 N–H and O–H groups in total. The summed E-state index contributed by atoms with van der Waals surface area (Å²) in [5.41, 5.74) is -2.18. The second-order valence-electron chi connectivity index (χ2n) is 4.81. The van der Waals surface area contributed by atoms with E-state index in [0.717, 1.165) is 24.3 Å². The van der Waals surface area contributed by atoms with Crippen LogP contribution in [0.15, 0.2) is 36.4 Å². The third kappa shape index (κ3) is 3.92. The van der Waals surface area contributed by atoms with Crippen molar-refractivity contribution in [1.29, 1.82) is 0 Å². The van der Waals surface area contributed by atoms with Crippen molar-refractivity contribution >= 4 is 34.1 Å². The van der Waals surface area contributed by atoms with Crippen molar-refractivity contribution in [2.24, 2.45) is 0 Å². The molecule has 0 aliphatic rings. The molecule has 0 saturated heterocycles. The standard InChI is InChI=1S/C12H7N6O9/c19-14(10-4-2-8(16(22)23)6-12(10)18(26)27)13-9-3-1-7(15(20)21)5-11(9)17(24)25/h1-6H,(H,13,19)/q+1. The molecule has 0 radical (unpaired) electrons. The number of nitrogens with one attached hydrogen (secondary N) is 1. The van der Waals surface area contributed by atoms with Crippen LogP contribution < -0.4 is 5.43 Å². The van der Waals surface area contributed by atoms with Gasteiger partial charge in [-0.1, -0.05) is 0 Å². The van der Waals surface area contributed by atoms with E-state index in [1.807, 2.05) is 5.43 Å². The minimum Gasteiger partial charge on any atom is -0.258 e. The summed E-state index contributed by atoms with van der Waals surface area (Å²) in [7, 11) is 0. The van der Waals surface area contributed by atoms with Crippen molar-refractivity contribution in [2.75, 3.05) is 5.43 Å². The Bertz CT molecular complexity index is 1000. The number of nitro benzene ring substituents is 4. The molecule has 0 aliphatic carbocycles. The summed E-state index contributed by atoms with van der Waals surface area (Å²) in [4.78, 5) is 51.7. The summed E-state index contributed by atoms with van der Waals surface area (Å²) >= 11 is 0. The number of hydrogen-bond acceptors (Lipinski definition) is 9. The van der Waals surface area contributed by atoms with E-state index in [2.05, 4.69) is 0 Å². The lowest BCUT2D eigenvalue weighted by molar-refractivity contribution is -0.451. The van der Waals surface area contributed by atoms with Crippen LogP contribution in [-0.4, -0.2) is 24.6 Å². The molecule has 2 rings (SSSR count). The van der Waals surface area contributed by atoms with Crippen LogP contribution in [0.25, 0.3) is 0 Å². The number of anilines is 1. The average molecular weight is 379 g/mol. The number of nitro groups is 4. The molecule has 0 heterocycles. The largest absolute Gasteiger partial charge is 0.369 e. The molecule has 0 amide bonds. The summed E-state index contributed by atoms with van der Waals surface area (Å²) in [5, 5.41) is 43.5. The number of hydrogen-bond donors (Lipinski definition) is 1. The molecule has 2 aromatic rings. The maximum atomic E-state index is 12.2. The quantitative estimate of drug-likeness (QED) is 0.422. The summed E-state index contributed by atoms with van der Waals surface area (Å²) in [6.45, 7) is 0. The van der Waals surface area contributed by atoms with E-state index in [4.69, 9.17) is 0 Å². The van der Waals surface area contributed by atoms with Gasteiger partial charge in [-0.25, -0.2) is 0 Å². The maximum Gasteiger partial charge on any atom is 0.369 e. The Morgan fingerprint density at radius 1 is 0.593 bits per heavy atom. The Labute approximate surface area is 147 Å². The van der Waals surface area contributed by atoms with E-state index in [-0.39, 0.29) is 4.87 Å². The van der Waals surface area contributed by atoms with Crippen LogP contribution in [0.4, 0.5) is 34.1 Å². The number of non-ortho nitro benzene ring substituents is 2. The summed E-state index contributed by atoms with van der Waals surface area (Å²) < 4.78 is 0. The van der Waals surface area contributed by atoms with Crippen LogP contribution in [0.3, 0.4) is 0 Å². The Morgan fingerprint density at radius 3 is 1.56 bits per heavy atom. The van der Waals surface area contributed by atoms with Gasteiger partial charge in [0.1, 0.15) is 6.07 Å². The Hall–Kier alpha value is -4.56. The highest BCUT2D eigenvalue weighted by Gasteiger charge is 2.33. The molecule has 138 valence electrons. The predicted octanol–water partition coefficient (Wildman–Crippen LogP) is 2.76. The van der Waals surface area contributed by atoms with Gasteiger partial charge in [-0.2, -0.15) is 0 Å². The van der Waals surface area contributed by atoms with Gasteiger partial charge in [0, 0.05) is 18.2 Å². The Morgan fingerprint density at radius 2 is 1.07 bits per heavy atom. The molecule has 0 saturated carbocycles. The molecule has 2 aromatic carbocycles. The van der Waals surface area contributed by atoms with E-state index >= 15 is 0 Å². The number of nitrogens with zero attached hydrogens (tertiary/aromatic N) is 5. The molecule has 27 heavy (non-hydrogen) atoms. The van der Waals surface area contributed by atoms with Crippen molar-refractivity contribution in [3.05, 3.63) is 81.8 Å². The predicted molar refractivity (Wildman–Crippen MR) is 86.4 cm³/mol. The van der Waals surface area contributed by atoms with E-state index in [1.54, 1.807) is 0 Å². The molecule has 0 atom stereocenters. The van der Waals surface area contributed by atoms with Gasteiger partial charge in [0.2, 0.25) is 0 Å². The first kappa shape index (κ1) is 18.8. The van der Waals surface area contributed by atoms with Crippen LogP contribution in [0.1, 0.15) is 0 Å². The minimum absolute atomic E-state index is 0.212. The van der Waals surface area contributed by atoms with Crippen molar-refractivity contribution in [3.8, 4) is 0 Å². The highest BCUT2D eigenvalue weighted by Crippen LogP contribution is 2.33. The van der Waals surface area contributed by atoms with Crippen LogP contribution in [0.2, 0.25) is 0 Å².